The molecule has 0 aromatic heterocycles. The van der Waals surface area contributed by atoms with Crippen molar-refractivity contribution in [2.45, 2.75) is 12.8 Å². The molecule has 0 fully saturated rings. The number of phenols is 1. The molecule has 62 valence electrons. The Morgan fingerprint density at radius 1 is 1.50 bits per heavy atom. The predicted molar refractivity (Wildman–Crippen MR) is 42.0 cm³/mol. The van der Waals surface area contributed by atoms with E-state index in [1.165, 1.54) is 18.2 Å². The highest BCUT2D eigenvalue weighted by molar-refractivity contribution is 5.28. The summed E-state index contributed by atoms with van der Waals surface area (Å²) in [7, 11) is 0. The van der Waals surface area contributed by atoms with Crippen molar-refractivity contribution in [1.82, 2.24) is 0 Å². The third-order valence-corrected chi connectivity index (χ3v) is 1.54. The molecule has 0 saturated heterocycles. The lowest BCUT2D eigenvalue weighted by Crippen LogP contribution is -1.88. The summed E-state index contributed by atoms with van der Waals surface area (Å²) in [5.74, 6) is -0.340. The number of phenolic OH excluding ortho intramolecular Hbond substituents is 1. The predicted octanol–water partition coefficient (Wildman–Crippen LogP) is 1.99. The molecule has 0 atom stereocenters. The number of nitrogens with zero attached hydrogens (tertiary/aromatic N) is 1. The van der Waals surface area contributed by atoms with Gasteiger partial charge in [0.2, 0.25) is 0 Å². The molecular formula is C9H8FNO. The summed E-state index contributed by atoms with van der Waals surface area (Å²) in [5.41, 5.74) is 0.386. The zero-order valence-electron chi connectivity index (χ0n) is 6.42. The molecule has 1 aromatic carbocycles. The van der Waals surface area contributed by atoms with E-state index in [4.69, 9.17) is 10.4 Å². The van der Waals surface area contributed by atoms with Crippen LogP contribution in [0.4, 0.5) is 4.39 Å². The fourth-order valence-corrected chi connectivity index (χ4v) is 0.943. The van der Waals surface area contributed by atoms with Crippen molar-refractivity contribution in [1.29, 1.82) is 5.26 Å². The SMILES string of the molecule is N#CCCc1cc(O)ccc1F. The summed E-state index contributed by atoms with van der Waals surface area (Å²) >= 11 is 0. The molecule has 0 aliphatic carbocycles. The third-order valence-electron chi connectivity index (χ3n) is 1.54. The van der Waals surface area contributed by atoms with Gasteiger partial charge in [0.15, 0.2) is 0 Å². The highest BCUT2D eigenvalue weighted by Crippen LogP contribution is 2.16. The van der Waals surface area contributed by atoms with Crippen LogP contribution in [0.15, 0.2) is 18.2 Å². The maximum absolute atomic E-state index is 12.9. The van der Waals surface area contributed by atoms with Crippen LogP contribution in [0, 0.1) is 17.1 Å². The molecule has 3 heteroatoms. The van der Waals surface area contributed by atoms with Crippen LogP contribution < -0.4 is 0 Å². The Morgan fingerprint density at radius 2 is 2.25 bits per heavy atom. The van der Waals surface area contributed by atoms with Crippen LogP contribution in [-0.2, 0) is 6.42 Å². The summed E-state index contributed by atoms with van der Waals surface area (Å²) in [5, 5.41) is 17.2. The molecule has 0 unspecified atom stereocenters. The number of hydrogen-bond acceptors (Lipinski definition) is 2. The molecule has 0 radical (unpaired) electrons. The Bertz CT molecular complexity index is 317. The van der Waals surface area contributed by atoms with Crippen LogP contribution in [-0.4, -0.2) is 5.11 Å². The van der Waals surface area contributed by atoms with Crippen LogP contribution in [0.5, 0.6) is 5.75 Å². The first-order valence-corrected chi connectivity index (χ1v) is 3.58. The fourth-order valence-electron chi connectivity index (χ4n) is 0.943. The van der Waals surface area contributed by atoms with Gasteiger partial charge in [-0.2, -0.15) is 5.26 Å². The minimum absolute atomic E-state index is 0.0318. The van der Waals surface area contributed by atoms with E-state index in [-0.39, 0.29) is 18.0 Å². The molecule has 0 saturated carbocycles. The molecule has 0 spiro atoms. The number of aromatic hydroxyl groups is 1. The van der Waals surface area contributed by atoms with Gasteiger partial charge in [-0.15, -0.1) is 0 Å². The van der Waals surface area contributed by atoms with E-state index in [2.05, 4.69) is 0 Å². The summed E-state index contributed by atoms with van der Waals surface area (Å²) in [6.07, 6.45) is 0.608. The Labute approximate surface area is 69.9 Å². The second kappa shape index (κ2) is 3.72. The summed E-state index contributed by atoms with van der Waals surface area (Å²) in [6.45, 7) is 0. The van der Waals surface area contributed by atoms with Crippen molar-refractivity contribution in [3.8, 4) is 11.8 Å². The topological polar surface area (TPSA) is 44.0 Å². The average molecular weight is 165 g/mol. The van der Waals surface area contributed by atoms with Crippen molar-refractivity contribution in [3.05, 3.63) is 29.6 Å². The van der Waals surface area contributed by atoms with Gasteiger partial charge < -0.3 is 5.11 Å². The molecule has 1 N–H and O–H groups in total. The minimum atomic E-state index is -0.372. The van der Waals surface area contributed by atoms with Crippen molar-refractivity contribution in [2.75, 3.05) is 0 Å². The van der Waals surface area contributed by atoms with Crippen LogP contribution in [0.1, 0.15) is 12.0 Å². The van der Waals surface area contributed by atoms with E-state index < -0.39 is 0 Å². The van der Waals surface area contributed by atoms with Gasteiger partial charge in [0, 0.05) is 6.42 Å². The molecule has 1 rings (SSSR count). The molecule has 0 heterocycles. The first-order chi connectivity index (χ1) is 5.74. The first kappa shape index (κ1) is 8.54. The molecule has 0 aliphatic rings. The summed E-state index contributed by atoms with van der Waals surface area (Å²) in [4.78, 5) is 0. The van der Waals surface area contributed by atoms with Gasteiger partial charge in [0.1, 0.15) is 11.6 Å². The lowest BCUT2D eigenvalue weighted by molar-refractivity contribution is 0.471. The fraction of sp³-hybridized carbons (Fsp3) is 0.222. The Kier molecular flexibility index (Phi) is 2.65. The Hall–Kier alpha value is -1.56. The Balaban J connectivity index is 2.84. The molecule has 12 heavy (non-hydrogen) atoms. The monoisotopic (exact) mass is 165 g/mol. The van der Waals surface area contributed by atoms with E-state index >= 15 is 0 Å². The average Bonchev–Trinajstić information content (AvgIpc) is 2.07. The second-order valence-corrected chi connectivity index (χ2v) is 2.43. The van der Waals surface area contributed by atoms with E-state index in [1.54, 1.807) is 0 Å². The highest BCUT2D eigenvalue weighted by atomic mass is 19.1. The van der Waals surface area contributed by atoms with Gasteiger partial charge in [0.25, 0.3) is 0 Å². The quantitative estimate of drug-likeness (QED) is 0.728. The van der Waals surface area contributed by atoms with Crippen molar-refractivity contribution in [2.24, 2.45) is 0 Å². The Morgan fingerprint density at radius 3 is 2.92 bits per heavy atom. The lowest BCUT2D eigenvalue weighted by atomic mass is 10.1. The molecule has 1 aromatic rings. The third kappa shape index (κ3) is 1.96. The normalized spacial score (nSPS) is 9.33. The molecule has 0 aliphatic heterocycles. The van der Waals surface area contributed by atoms with Gasteiger partial charge in [-0.3, -0.25) is 0 Å². The van der Waals surface area contributed by atoms with E-state index in [0.29, 0.717) is 12.0 Å². The summed E-state index contributed by atoms with van der Waals surface area (Å²) in [6, 6.07) is 5.73. The van der Waals surface area contributed by atoms with Gasteiger partial charge in [-0.25, -0.2) is 4.39 Å². The van der Waals surface area contributed by atoms with Crippen LogP contribution in [0.2, 0.25) is 0 Å². The van der Waals surface area contributed by atoms with Crippen LogP contribution in [0.25, 0.3) is 0 Å². The zero-order valence-corrected chi connectivity index (χ0v) is 6.42. The first-order valence-electron chi connectivity index (χ1n) is 3.58. The van der Waals surface area contributed by atoms with Gasteiger partial charge in [-0.1, -0.05) is 0 Å². The van der Waals surface area contributed by atoms with Crippen molar-refractivity contribution in [3.63, 3.8) is 0 Å². The zero-order chi connectivity index (χ0) is 8.97. The number of benzene rings is 1. The second-order valence-electron chi connectivity index (χ2n) is 2.43. The number of rotatable bonds is 2. The number of aryl methyl sites for hydroxylation is 1. The minimum Gasteiger partial charge on any atom is -0.508 e. The molecule has 0 amide bonds. The number of nitriles is 1. The maximum atomic E-state index is 12.9. The van der Waals surface area contributed by atoms with Crippen molar-refractivity contribution >= 4 is 0 Å². The van der Waals surface area contributed by atoms with Crippen molar-refractivity contribution < 1.29 is 9.50 Å². The van der Waals surface area contributed by atoms with Gasteiger partial charge in [-0.05, 0) is 30.2 Å². The van der Waals surface area contributed by atoms with Crippen LogP contribution >= 0.6 is 0 Å². The highest BCUT2D eigenvalue weighted by Gasteiger charge is 2.01. The molecule has 2 nitrogen and oxygen atoms in total. The number of hydrogen-bond donors (Lipinski definition) is 1. The van der Waals surface area contributed by atoms with Gasteiger partial charge in [0.05, 0.1) is 6.07 Å². The van der Waals surface area contributed by atoms with E-state index in [1.807, 2.05) is 6.07 Å². The number of halogens is 1. The van der Waals surface area contributed by atoms with E-state index in [9.17, 15) is 4.39 Å². The maximum Gasteiger partial charge on any atom is 0.126 e. The summed E-state index contributed by atoms with van der Waals surface area (Å²) < 4.78 is 12.9. The lowest BCUT2D eigenvalue weighted by Gasteiger charge is -1.99. The largest absolute Gasteiger partial charge is 0.508 e. The smallest absolute Gasteiger partial charge is 0.126 e. The molecule has 0 bridgehead atoms. The van der Waals surface area contributed by atoms with Gasteiger partial charge >= 0.3 is 0 Å². The molecular weight excluding hydrogens is 157 g/mol. The van der Waals surface area contributed by atoms with E-state index in [0.717, 1.165) is 0 Å². The standard InChI is InChI=1S/C9H8FNO/c10-9-4-3-8(12)6-7(9)2-1-5-11/h3-4,6,12H,1-2H2. The van der Waals surface area contributed by atoms with Crippen LogP contribution in [0.3, 0.4) is 0 Å².